The highest BCUT2D eigenvalue weighted by molar-refractivity contribution is 7.99. The largest absolute Gasteiger partial charge is 0.355 e. The van der Waals surface area contributed by atoms with Crippen molar-refractivity contribution in [3.05, 3.63) is 96.3 Å². The molecule has 162 valence electrons. The molecule has 1 aromatic heterocycles. The number of nitrogens with zero attached hydrogens (tertiary/aromatic N) is 3. The standard InChI is InChI=1S/C25H23FN4OS/c26-21-13-15-22(16-14-21)30-24(20-11-5-2-6-12-20)28-29-25(30)32-18-23(31)27-17-7-10-19-8-3-1-4-9-19/h1-6,8-9,11-16H,7,10,17-18H2,(H,27,31). The number of aryl methyl sites for hydroxylation is 1. The Balaban J connectivity index is 1.41. The van der Waals surface area contributed by atoms with Gasteiger partial charge in [-0.25, -0.2) is 4.39 Å². The van der Waals surface area contributed by atoms with Gasteiger partial charge in [-0.2, -0.15) is 0 Å². The van der Waals surface area contributed by atoms with Gasteiger partial charge in [0, 0.05) is 17.8 Å². The molecule has 0 atom stereocenters. The van der Waals surface area contributed by atoms with Crippen molar-refractivity contribution in [3.63, 3.8) is 0 Å². The van der Waals surface area contributed by atoms with E-state index in [2.05, 4.69) is 27.6 Å². The maximum atomic E-state index is 13.5. The highest BCUT2D eigenvalue weighted by atomic mass is 32.2. The van der Waals surface area contributed by atoms with Crippen LogP contribution in [0.1, 0.15) is 12.0 Å². The summed E-state index contributed by atoms with van der Waals surface area (Å²) >= 11 is 1.31. The van der Waals surface area contributed by atoms with E-state index in [0.717, 1.165) is 24.1 Å². The SMILES string of the molecule is O=C(CSc1nnc(-c2ccccc2)n1-c1ccc(F)cc1)NCCCc1ccccc1. The van der Waals surface area contributed by atoms with Gasteiger partial charge in [-0.3, -0.25) is 9.36 Å². The minimum absolute atomic E-state index is 0.0574. The van der Waals surface area contributed by atoms with Crippen LogP contribution in [-0.4, -0.2) is 33.0 Å². The molecule has 0 aliphatic carbocycles. The van der Waals surface area contributed by atoms with E-state index >= 15 is 0 Å². The van der Waals surface area contributed by atoms with Gasteiger partial charge in [-0.15, -0.1) is 10.2 Å². The van der Waals surface area contributed by atoms with Crippen LogP contribution in [0.4, 0.5) is 4.39 Å². The molecule has 5 nitrogen and oxygen atoms in total. The highest BCUT2D eigenvalue weighted by Gasteiger charge is 2.17. The summed E-state index contributed by atoms with van der Waals surface area (Å²) in [7, 11) is 0. The van der Waals surface area contributed by atoms with Crippen molar-refractivity contribution in [1.82, 2.24) is 20.1 Å². The zero-order valence-corrected chi connectivity index (χ0v) is 18.3. The predicted octanol–water partition coefficient (Wildman–Crippen LogP) is 4.91. The number of halogens is 1. The Kier molecular flexibility index (Phi) is 7.30. The first-order valence-electron chi connectivity index (χ1n) is 10.4. The van der Waals surface area contributed by atoms with E-state index in [4.69, 9.17) is 0 Å². The minimum atomic E-state index is -0.313. The molecule has 0 unspecified atom stereocenters. The summed E-state index contributed by atoms with van der Waals surface area (Å²) in [5.74, 6) is 0.493. The van der Waals surface area contributed by atoms with Crippen molar-refractivity contribution in [3.8, 4) is 17.1 Å². The zero-order valence-electron chi connectivity index (χ0n) is 17.4. The van der Waals surface area contributed by atoms with Crippen LogP contribution in [0.3, 0.4) is 0 Å². The molecule has 0 saturated heterocycles. The second kappa shape index (κ2) is 10.7. The average molecular weight is 447 g/mol. The molecular formula is C25H23FN4OS. The molecular weight excluding hydrogens is 423 g/mol. The first kappa shape index (κ1) is 21.8. The van der Waals surface area contributed by atoms with Crippen LogP contribution in [0.2, 0.25) is 0 Å². The number of rotatable bonds is 9. The van der Waals surface area contributed by atoms with Gasteiger partial charge >= 0.3 is 0 Å². The number of hydrogen-bond donors (Lipinski definition) is 1. The summed E-state index contributed by atoms with van der Waals surface area (Å²) in [5, 5.41) is 12.2. The van der Waals surface area contributed by atoms with E-state index in [0.29, 0.717) is 17.5 Å². The van der Waals surface area contributed by atoms with Gasteiger partial charge in [0.15, 0.2) is 11.0 Å². The molecule has 1 N–H and O–H groups in total. The summed E-state index contributed by atoms with van der Waals surface area (Å²) in [6.07, 6.45) is 1.80. The van der Waals surface area contributed by atoms with E-state index in [9.17, 15) is 9.18 Å². The lowest BCUT2D eigenvalue weighted by molar-refractivity contribution is -0.118. The lowest BCUT2D eigenvalue weighted by atomic mass is 10.1. The van der Waals surface area contributed by atoms with E-state index in [-0.39, 0.29) is 17.5 Å². The van der Waals surface area contributed by atoms with E-state index < -0.39 is 0 Å². The van der Waals surface area contributed by atoms with Crippen molar-refractivity contribution in [1.29, 1.82) is 0 Å². The van der Waals surface area contributed by atoms with Crippen molar-refractivity contribution in [2.24, 2.45) is 0 Å². The van der Waals surface area contributed by atoms with Crippen molar-refractivity contribution in [2.75, 3.05) is 12.3 Å². The van der Waals surface area contributed by atoms with Crippen LogP contribution in [-0.2, 0) is 11.2 Å². The molecule has 0 aliphatic heterocycles. The zero-order chi connectivity index (χ0) is 22.2. The molecule has 0 spiro atoms. The number of nitrogens with one attached hydrogen (secondary N) is 1. The van der Waals surface area contributed by atoms with Gasteiger partial charge in [0.2, 0.25) is 5.91 Å². The van der Waals surface area contributed by atoms with Crippen molar-refractivity contribution >= 4 is 17.7 Å². The van der Waals surface area contributed by atoms with Gasteiger partial charge in [-0.1, -0.05) is 72.4 Å². The molecule has 0 fully saturated rings. The number of amides is 1. The second-order valence-corrected chi connectivity index (χ2v) is 8.15. The topological polar surface area (TPSA) is 59.8 Å². The van der Waals surface area contributed by atoms with Crippen LogP contribution >= 0.6 is 11.8 Å². The van der Waals surface area contributed by atoms with Crippen LogP contribution in [0.15, 0.2) is 90.1 Å². The third-order valence-electron chi connectivity index (χ3n) is 4.89. The fourth-order valence-corrected chi connectivity index (χ4v) is 4.09. The number of carbonyl (C=O) groups excluding carboxylic acids is 1. The molecule has 0 saturated carbocycles. The quantitative estimate of drug-likeness (QED) is 0.293. The minimum Gasteiger partial charge on any atom is -0.355 e. The lowest BCUT2D eigenvalue weighted by Gasteiger charge is -2.10. The van der Waals surface area contributed by atoms with Crippen molar-refractivity contribution in [2.45, 2.75) is 18.0 Å². The third kappa shape index (κ3) is 5.62. The maximum absolute atomic E-state index is 13.5. The van der Waals surface area contributed by atoms with E-state index in [1.54, 1.807) is 12.1 Å². The summed E-state index contributed by atoms with van der Waals surface area (Å²) in [5.41, 5.74) is 2.89. The summed E-state index contributed by atoms with van der Waals surface area (Å²) in [4.78, 5) is 12.4. The number of benzene rings is 3. The molecule has 0 aliphatic rings. The second-order valence-electron chi connectivity index (χ2n) is 7.21. The van der Waals surface area contributed by atoms with E-state index in [1.165, 1.54) is 29.5 Å². The third-order valence-corrected chi connectivity index (χ3v) is 5.82. The molecule has 1 heterocycles. The Hall–Kier alpha value is -3.45. The fraction of sp³-hybridized carbons (Fsp3) is 0.160. The average Bonchev–Trinajstić information content (AvgIpc) is 3.26. The Bertz CT molecular complexity index is 1150. The van der Waals surface area contributed by atoms with Crippen LogP contribution in [0.25, 0.3) is 17.1 Å². The summed E-state index contributed by atoms with van der Waals surface area (Å²) in [6, 6.07) is 26.0. The first-order chi connectivity index (χ1) is 15.7. The molecule has 1 amide bonds. The molecule has 32 heavy (non-hydrogen) atoms. The number of thioether (sulfide) groups is 1. The highest BCUT2D eigenvalue weighted by Crippen LogP contribution is 2.27. The normalized spacial score (nSPS) is 10.8. The monoisotopic (exact) mass is 446 g/mol. The molecule has 7 heteroatoms. The van der Waals surface area contributed by atoms with E-state index in [1.807, 2.05) is 53.1 Å². The lowest BCUT2D eigenvalue weighted by Crippen LogP contribution is -2.26. The Labute approximate surface area is 190 Å². The van der Waals surface area contributed by atoms with Gasteiger partial charge in [0.05, 0.1) is 5.75 Å². The molecule has 4 rings (SSSR count). The smallest absolute Gasteiger partial charge is 0.230 e. The number of aromatic nitrogens is 3. The molecule has 0 bridgehead atoms. The molecule has 3 aromatic carbocycles. The van der Waals surface area contributed by atoms with Gasteiger partial charge in [0.25, 0.3) is 0 Å². The van der Waals surface area contributed by atoms with Gasteiger partial charge in [0.1, 0.15) is 5.82 Å². The number of carbonyl (C=O) groups is 1. The van der Waals surface area contributed by atoms with Crippen LogP contribution in [0, 0.1) is 5.82 Å². The van der Waals surface area contributed by atoms with Gasteiger partial charge in [-0.05, 0) is 42.7 Å². The fourth-order valence-electron chi connectivity index (χ4n) is 3.31. The van der Waals surface area contributed by atoms with Gasteiger partial charge < -0.3 is 5.32 Å². The van der Waals surface area contributed by atoms with Crippen LogP contribution in [0.5, 0.6) is 0 Å². The molecule has 4 aromatic rings. The Morgan fingerprint density at radius 2 is 1.59 bits per heavy atom. The number of hydrogen-bond acceptors (Lipinski definition) is 4. The summed E-state index contributed by atoms with van der Waals surface area (Å²) in [6.45, 7) is 0.619. The first-order valence-corrected chi connectivity index (χ1v) is 11.4. The predicted molar refractivity (Wildman–Crippen MR) is 125 cm³/mol. The molecule has 0 radical (unpaired) electrons. The Morgan fingerprint density at radius 1 is 0.906 bits per heavy atom. The van der Waals surface area contributed by atoms with Crippen molar-refractivity contribution < 1.29 is 9.18 Å². The summed E-state index contributed by atoms with van der Waals surface area (Å²) < 4.78 is 15.3. The Morgan fingerprint density at radius 3 is 2.31 bits per heavy atom. The van der Waals surface area contributed by atoms with Crippen LogP contribution < -0.4 is 5.32 Å². The maximum Gasteiger partial charge on any atom is 0.230 e.